The molecule has 0 saturated heterocycles. The molecule has 2 N–H and O–H groups in total. The van der Waals surface area contributed by atoms with E-state index in [9.17, 15) is 9.59 Å². The number of rotatable bonds is 4. The smallest absolute Gasteiger partial charge is 0.407 e. The number of nitrogens with one attached hydrogen (secondary N) is 1. The van der Waals surface area contributed by atoms with Crippen LogP contribution in [0.2, 0.25) is 0 Å². The van der Waals surface area contributed by atoms with E-state index in [-0.39, 0.29) is 12.5 Å². The van der Waals surface area contributed by atoms with Crippen molar-refractivity contribution in [1.29, 1.82) is 0 Å². The summed E-state index contributed by atoms with van der Waals surface area (Å²) in [6.07, 6.45) is -0.414. The molecule has 2 amide bonds. The minimum absolute atomic E-state index is 0.213. The number of fused-ring (bicyclic) bond motifs is 1. The van der Waals surface area contributed by atoms with Gasteiger partial charge in [0, 0.05) is 40.8 Å². The van der Waals surface area contributed by atoms with Gasteiger partial charge in [-0.3, -0.25) is 4.79 Å². The van der Waals surface area contributed by atoms with Crippen molar-refractivity contribution in [3.8, 4) is 0 Å². The van der Waals surface area contributed by atoms with Gasteiger partial charge in [-0.2, -0.15) is 0 Å². The van der Waals surface area contributed by atoms with Crippen LogP contribution in [0.25, 0.3) is 0 Å². The normalized spacial score (nSPS) is 13.8. The largest absolute Gasteiger partial charge is 0.465 e. The number of imidazole rings is 1. The molecule has 7 nitrogen and oxygen atoms in total. The van der Waals surface area contributed by atoms with E-state index in [0.29, 0.717) is 29.7 Å². The highest BCUT2D eigenvalue weighted by Crippen LogP contribution is 2.41. The third kappa shape index (κ3) is 3.77. The second-order valence-corrected chi connectivity index (χ2v) is 9.53. The fraction of sp³-hybridized carbons (Fsp3) is 0.438. The van der Waals surface area contributed by atoms with Gasteiger partial charge in [-0.05, 0) is 15.9 Å². The number of anilines is 1. The summed E-state index contributed by atoms with van der Waals surface area (Å²) in [5.41, 5.74) is 1.56. The number of carboxylic acid groups (broad SMARTS) is 1. The monoisotopic (exact) mass is 458 g/mol. The minimum Gasteiger partial charge on any atom is -0.465 e. The molecule has 0 fully saturated rings. The van der Waals surface area contributed by atoms with E-state index in [1.54, 1.807) is 23.4 Å². The number of carbonyl (C=O) groups is 2. The molecule has 3 heterocycles. The molecule has 0 atom stereocenters. The van der Waals surface area contributed by atoms with Gasteiger partial charge in [0.05, 0.1) is 17.1 Å². The highest BCUT2D eigenvalue weighted by atomic mass is 79.9. The number of hydrogen-bond donors (Lipinski definition) is 2. The molecule has 26 heavy (non-hydrogen) atoms. The number of nitrogens with zero attached hydrogens (tertiary/aromatic N) is 3. The van der Waals surface area contributed by atoms with E-state index in [2.05, 4.69) is 40.1 Å². The van der Waals surface area contributed by atoms with Crippen molar-refractivity contribution in [2.24, 2.45) is 7.05 Å². The van der Waals surface area contributed by atoms with Crippen molar-refractivity contribution < 1.29 is 14.7 Å². The molecule has 2 aromatic rings. The molecule has 10 heteroatoms. The average molecular weight is 459 g/mol. The third-order valence-electron chi connectivity index (χ3n) is 4.01. The number of thiophene rings is 1. The Morgan fingerprint density at radius 1 is 1.46 bits per heavy atom. The van der Waals surface area contributed by atoms with Crippen LogP contribution in [0.3, 0.4) is 0 Å². The second-order valence-electron chi connectivity index (χ2n) is 6.20. The molecule has 0 saturated carbocycles. The van der Waals surface area contributed by atoms with Crippen LogP contribution in [-0.4, -0.2) is 43.4 Å². The fourth-order valence-electron chi connectivity index (χ4n) is 2.81. The SMILES string of the molecule is CC(C)Sc1c(Br)csc1NC(=O)c1nc2c(n1C)CCN(C(=O)O)C2. The first kappa shape index (κ1) is 19.2. The summed E-state index contributed by atoms with van der Waals surface area (Å²) in [6, 6.07) is 0. The van der Waals surface area contributed by atoms with Crippen molar-refractivity contribution >= 4 is 56.0 Å². The zero-order valence-corrected chi connectivity index (χ0v) is 17.8. The second kappa shape index (κ2) is 7.61. The number of halogens is 1. The van der Waals surface area contributed by atoms with Crippen LogP contribution in [0, 0.1) is 0 Å². The quantitative estimate of drug-likeness (QED) is 0.675. The van der Waals surface area contributed by atoms with Crippen LogP contribution in [-0.2, 0) is 20.0 Å². The number of carbonyl (C=O) groups excluding carboxylic acids is 1. The van der Waals surface area contributed by atoms with E-state index in [4.69, 9.17) is 5.11 Å². The predicted octanol–water partition coefficient (Wildman–Crippen LogP) is 4.03. The van der Waals surface area contributed by atoms with Gasteiger partial charge in [-0.25, -0.2) is 9.78 Å². The van der Waals surface area contributed by atoms with Gasteiger partial charge in [0.15, 0.2) is 5.82 Å². The third-order valence-corrected chi connectivity index (χ3v) is 7.36. The molecule has 2 aromatic heterocycles. The molecule has 0 aliphatic carbocycles. The molecular weight excluding hydrogens is 440 g/mol. The number of aromatic nitrogens is 2. The Bertz CT molecular complexity index is 862. The van der Waals surface area contributed by atoms with Gasteiger partial charge in [-0.15, -0.1) is 23.1 Å². The molecule has 1 aliphatic heterocycles. The standard InChI is InChI=1S/C16H19BrN4O3S2/c1-8(2)26-12-9(17)7-25-15(12)19-14(22)13-18-10-6-21(16(23)24)5-4-11(10)20(13)3/h7-8H,4-6H2,1-3H3,(H,19,22)(H,23,24). The Kier molecular flexibility index (Phi) is 5.64. The minimum atomic E-state index is -0.967. The van der Waals surface area contributed by atoms with Crippen LogP contribution < -0.4 is 5.32 Å². The first-order chi connectivity index (χ1) is 12.3. The Balaban J connectivity index is 1.83. The molecule has 0 unspecified atom stereocenters. The van der Waals surface area contributed by atoms with E-state index in [0.717, 1.165) is 20.1 Å². The van der Waals surface area contributed by atoms with Crippen molar-refractivity contribution in [3.63, 3.8) is 0 Å². The predicted molar refractivity (Wildman–Crippen MR) is 106 cm³/mol. The summed E-state index contributed by atoms with van der Waals surface area (Å²) < 4.78 is 2.73. The van der Waals surface area contributed by atoms with Crippen LogP contribution in [0.15, 0.2) is 14.7 Å². The van der Waals surface area contributed by atoms with Gasteiger partial charge in [0.25, 0.3) is 5.91 Å². The van der Waals surface area contributed by atoms with Crippen LogP contribution >= 0.6 is 39.0 Å². The van der Waals surface area contributed by atoms with E-state index in [1.165, 1.54) is 16.2 Å². The van der Waals surface area contributed by atoms with E-state index >= 15 is 0 Å². The Hall–Kier alpha value is -1.52. The highest BCUT2D eigenvalue weighted by molar-refractivity contribution is 9.10. The maximum atomic E-state index is 12.8. The van der Waals surface area contributed by atoms with Crippen molar-refractivity contribution in [1.82, 2.24) is 14.5 Å². The zero-order valence-electron chi connectivity index (χ0n) is 14.6. The lowest BCUT2D eigenvalue weighted by Crippen LogP contribution is -2.35. The van der Waals surface area contributed by atoms with Gasteiger partial charge in [0.1, 0.15) is 5.00 Å². The van der Waals surface area contributed by atoms with Crippen molar-refractivity contribution in [2.45, 2.75) is 37.0 Å². The number of thioether (sulfide) groups is 1. The molecule has 0 bridgehead atoms. The summed E-state index contributed by atoms with van der Waals surface area (Å²) in [5.74, 6) is 0.0102. The number of hydrogen-bond acceptors (Lipinski definition) is 5. The summed E-state index contributed by atoms with van der Waals surface area (Å²) in [5, 5.41) is 15.2. The maximum absolute atomic E-state index is 12.8. The van der Waals surface area contributed by atoms with Gasteiger partial charge in [0.2, 0.25) is 0 Å². The molecule has 0 aromatic carbocycles. The maximum Gasteiger partial charge on any atom is 0.407 e. The van der Waals surface area contributed by atoms with Gasteiger partial charge in [-0.1, -0.05) is 13.8 Å². The Morgan fingerprint density at radius 3 is 2.85 bits per heavy atom. The molecule has 0 spiro atoms. The summed E-state index contributed by atoms with van der Waals surface area (Å²) >= 11 is 6.67. The molecule has 3 rings (SSSR count). The van der Waals surface area contributed by atoms with Crippen molar-refractivity contribution in [2.75, 3.05) is 11.9 Å². The number of amides is 2. The van der Waals surface area contributed by atoms with Crippen molar-refractivity contribution in [3.05, 3.63) is 27.1 Å². The van der Waals surface area contributed by atoms with Crippen LogP contribution in [0.1, 0.15) is 35.9 Å². The summed E-state index contributed by atoms with van der Waals surface area (Å²) in [6.45, 7) is 4.82. The summed E-state index contributed by atoms with van der Waals surface area (Å²) in [4.78, 5) is 30.7. The topological polar surface area (TPSA) is 87.5 Å². The van der Waals surface area contributed by atoms with E-state index < -0.39 is 6.09 Å². The first-order valence-electron chi connectivity index (χ1n) is 8.05. The molecular formula is C16H19BrN4O3S2. The molecule has 1 aliphatic rings. The molecule has 140 valence electrons. The Labute approximate surface area is 167 Å². The average Bonchev–Trinajstić information content (AvgIpc) is 3.08. The lowest BCUT2D eigenvalue weighted by atomic mass is 10.1. The van der Waals surface area contributed by atoms with E-state index in [1.807, 2.05) is 5.38 Å². The zero-order chi connectivity index (χ0) is 19.0. The van der Waals surface area contributed by atoms with Gasteiger partial charge >= 0.3 is 6.09 Å². The summed E-state index contributed by atoms with van der Waals surface area (Å²) in [7, 11) is 1.80. The molecule has 0 radical (unpaired) electrons. The van der Waals surface area contributed by atoms with Crippen LogP contribution in [0.5, 0.6) is 0 Å². The lowest BCUT2D eigenvalue weighted by molar-refractivity contribution is 0.101. The fourth-order valence-corrected chi connectivity index (χ4v) is 5.57. The van der Waals surface area contributed by atoms with Crippen LogP contribution in [0.4, 0.5) is 9.80 Å². The highest BCUT2D eigenvalue weighted by Gasteiger charge is 2.28. The first-order valence-corrected chi connectivity index (χ1v) is 10.6. The Morgan fingerprint density at radius 2 is 2.19 bits per heavy atom. The van der Waals surface area contributed by atoms with Gasteiger partial charge < -0.3 is 19.9 Å². The lowest BCUT2D eigenvalue weighted by Gasteiger charge is -2.23.